The fourth-order valence-electron chi connectivity index (χ4n) is 7.29. The quantitative estimate of drug-likeness (QED) is 0.281. The predicted octanol–water partition coefficient (Wildman–Crippen LogP) is 9.87. The molecule has 0 spiro atoms. The number of benzene rings is 1. The molecule has 0 bridgehead atoms. The molecule has 3 aliphatic carbocycles. The minimum absolute atomic E-state index is 0.188. The number of fused-ring (bicyclic) bond motifs is 5. The first-order valence-corrected chi connectivity index (χ1v) is 20.3. The third-order valence-corrected chi connectivity index (χ3v) is 20.5. The van der Waals surface area contributed by atoms with Gasteiger partial charge in [-0.3, -0.25) is 0 Å². The zero-order valence-corrected chi connectivity index (χ0v) is 27.3. The second-order valence-electron chi connectivity index (χ2n) is 15.6. The summed E-state index contributed by atoms with van der Waals surface area (Å²) in [6.45, 7) is 30.7. The fourth-order valence-corrected chi connectivity index (χ4v) is 9.77. The van der Waals surface area contributed by atoms with Crippen LogP contribution in [0.25, 0.3) is 0 Å². The van der Waals surface area contributed by atoms with Crippen molar-refractivity contribution in [1.82, 2.24) is 0 Å². The highest BCUT2D eigenvalue weighted by molar-refractivity contribution is 6.75. The zero-order chi connectivity index (χ0) is 26.9. The molecule has 3 aliphatic rings. The maximum absolute atomic E-state index is 7.16. The molecule has 1 aromatic rings. The SMILES string of the molecule is C=CC12CCc3cc(O[Si](C)(C)C(C)(C)C)ccc3[C@H]1CC[C@]1(C)[C@@H](O[Si](C)(C)C(C)(C)C)CC[C@@H]21. The van der Waals surface area contributed by atoms with E-state index < -0.39 is 16.6 Å². The summed E-state index contributed by atoms with van der Waals surface area (Å²) in [5.41, 5.74) is 3.53. The molecule has 1 unspecified atom stereocenters. The van der Waals surface area contributed by atoms with E-state index in [1.807, 2.05) is 0 Å². The lowest BCUT2D eigenvalue weighted by atomic mass is 9.47. The Labute approximate surface area is 224 Å². The Hall–Kier alpha value is -0.846. The van der Waals surface area contributed by atoms with Crippen molar-refractivity contribution in [3.05, 3.63) is 42.0 Å². The van der Waals surface area contributed by atoms with Crippen molar-refractivity contribution in [2.24, 2.45) is 16.7 Å². The van der Waals surface area contributed by atoms with Gasteiger partial charge in [0.25, 0.3) is 0 Å². The smallest absolute Gasteiger partial charge is 0.250 e. The van der Waals surface area contributed by atoms with E-state index in [0.29, 0.717) is 17.9 Å². The molecule has 0 N–H and O–H groups in total. The van der Waals surface area contributed by atoms with Crippen molar-refractivity contribution >= 4 is 16.6 Å². The van der Waals surface area contributed by atoms with Crippen LogP contribution in [-0.4, -0.2) is 22.7 Å². The van der Waals surface area contributed by atoms with E-state index in [-0.39, 0.29) is 20.9 Å². The largest absolute Gasteiger partial charge is 0.543 e. The predicted molar refractivity (Wildman–Crippen MR) is 160 cm³/mol. The minimum Gasteiger partial charge on any atom is -0.543 e. The topological polar surface area (TPSA) is 18.5 Å². The van der Waals surface area contributed by atoms with Gasteiger partial charge in [-0.1, -0.05) is 60.6 Å². The van der Waals surface area contributed by atoms with Crippen LogP contribution in [0.2, 0.25) is 36.3 Å². The lowest BCUT2D eigenvalue weighted by Crippen LogP contribution is -2.53. The minimum atomic E-state index is -1.84. The van der Waals surface area contributed by atoms with Gasteiger partial charge in [0.05, 0.1) is 6.10 Å². The molecule has 0 radical (unpaired) electrons. The number of rotatable bonds is 5. The molecular formula is C32H54O2Si2. The monoisotopic (exact) mass is 526 g/mol. The molecule has 4 heteroatoms. The van der Waals surface area contributed by atoms with Gasteiger partial charge in [0.2, 0.25) is 8.32 Å². The molecule has 0 heterocycles. The maximum Gasteiger partial charge on any atom is 0.250 e. The molecule has 2 fully saturated rings. The summed E-state index contributed by atoms with van der Waals surface area (Å²) in [7, 11) is -3.65. The molecule has 0 amide bonds. The number of hydrogen-bond acceptors (Lipinski definition) is 2. The van der Waals surface area contributed by atoms with Gasteiger partial charge in [-0.2, -0.15) is 0 Å². The highest BCUT2D eigenvalue weighted by Crippen LogP contribution is 2.68. The number of allylic oxidation sites excluding steroid dienone is 1. The Balaban J connectivity index is 1.62. The molecule has 2 saturated carbocycles. The molecule has 5 atom stereocenters. The average molecular weight is 527 g/mol. The van der Waals surface area contributed by atoms with Crippen LogP contribution in [-0.2, 0) is 10.8 Å². The van der Waals surface area contributed by atoms with Gasteiger partial charge < -0.3 is 8.85 Å². The summed E-state index contributed by atoms with van der Waals surface area (Å²) in [6.07, 6.45) is 10.1. The summed E-state index contributed by atoms with van der Waals surface area (Å²) in [5.74, 6) is 2.31. The molecular weight excluding hydrogens is 473 g/mol. The van der Waals surface area contributed by atoms with Gasteiger partial charge in [0.1, 0.15) is 5.75 Å². The van der Waals surface area contributed by atoms with Crippen molar-refractivity contribution in [3.63, 3.8) is 0 Å². The van der Waals surface area contributed by atoms with Gasteiger partial charge in [-0.15, -0.1) is 6.58 Å². The lowest BCUT2D eigenvalue weighted by Gasteiger charge is -2.58. The van der Waals surface area contributed by atoms with Crippen molar-refractivity contribution in [3.8, 4) is 5.75 Å². The van der Waals surface area contributed by atoms with E-state index in [2.05, 4.69) is 106 Å². The van der Waals surface area contributed by atoms with Crippen LogP contribution in [0.1, 0.15) is 97.6 Å². The van der Waals surface area contributed by atoms with Crippen molar-refractivity contribution in [2.45, 2.75) is 135 Å². The third-order valence-electron chi connectivity index (χ3n) is 11.6. The van der Waals surface area contributed by atoms with Gasteiger partial charge in [0.15, 0.2) is 8.32 Å². The van der Waals surface area contributed by atoms with Crippen LogP contribution in [0.3, 0.4) is 0 Å². The van der Waals surface area contributed by atoms with E-state index in [4.69, 9.17) is 8.85 Å². The fraction of sp³-hybridized carbons (Fsp3) is 0.750. The molecule has 4 rings (SSSR count). The zero-order valence-electron chi connectivity index (χ0n) is 25.3. The Kier molecular flexibility index (Phi) is 6.92. The lowest BCUT2D eigenvalue weighted by molar-refractivity contribution is -0.0480. The molecule has 36 heavy (non-hydrogen) atoms. The Bertz CT molecular complexity index is 998. The Morgan fingerprint density at radius 3 is 2.14 bits per heavy atom. The molecule has 0 aromatic heterocycles. The number of hydrogen-bond donors (Lipinski definition) is 0. The van der Waals surface area contributed by atoms with Crippen LogP contribution in [0.4, 0.5) is 0 Å². The van der Waals surface area contributed by atoms with E-state index in [9.17, 15) is 0 Å². The summed E-state index contributed by atoms with van der Waals surface area (Å²) < 4.78 is 13.9. The van der Waals surface area contributed by atoms with Gasteiger partial charge in [0, 0.05) is 0 Å². The van der Waals surface area contributed by atoms with Crippen molar-refractivity contribution < 1.29 is 8.85 Å². The summed E-state index contributed by atoms with van der Waals surface area (Å²) in [4.78, 5) is 0. The van der Waals surface area contributed by atoms with Gasteiger partial charge in [-0.25, -0.2) is 0 Å². The maximum atomic E-state index is 7.16. The van der Waals surface area contributed by atoms with Crippen LogP contribution in [0.5, 0.6) is 5.75 Å². The van der Waals surface area contributed by atoms with Crippen LogP contribution < -0.4 is 4.43 Å². The van der Waals surface area contributed by atoms with Crippen molar-refractivity contribution in [2.75, 3.05) is 0 Å². The summed E-state index contributed by atoms with van der Waals surface area (Å²) in [5, 5.41) is 0.461. The van der Waals surface area contributed by atoms with E-state index in [0.717, 1.165) is 12.2 Å². The first kappa shape index (κ1) is 28.2. The van der Waals surface area contributed by atoms with E-state index in [1.165, 1.54) is 37.7 Å². The Morgan fingerprint density at radius 1 is 0.917 bits per heavy atom. The second kappa shape index (κ2) is 8.84. The standard InChI is InChI=1S/C32H54O2Si2/c1-13-32-21-18-23-22-24(33-35(9,10)29(2,3)4)14-15-25(23)26(32)19-20-31(8)27(32)16-17-28(31)34-36(11,12)30(5,6)7/h13-15,22,26-28H,1,16-21H2,2-12H3/t26-,27-,28+,31+,32?/m1/s1. The van der Waals surface area contributed by atoms with Crippen molar-refractivity contribution in [1.29, 1.82) is 0 Å². The Morgan fingerprint density at radius 2 is 1.56 bits per heavy atom. The molecule has 0 saturated heterocycles. The van der Waals surface area contributed by atoms with Crippen LogP contribution in [0.15, 0.2) is 30.9 Å². The van der Waals surface area contributed by atoms with Gasteiger partial charge in [-0.05, 0) is 121 Å². The van der Waals surface area contributed by atoms with Crippen LogP contribution in [0, 0.1) is 16.7 Å². The third kappa shape index (κ3) is 4.41. The molecule has 202 valence electrons. The first-order chi connectivity index (χ1) is 16.4. The second-order valence-corrected chi connectivity index (χ2v) is 25.1. The number of aryl methyl sites for hydroxylation is 1. The summed E-state index contributed by atoms with van der Waals surface area (Å²) in [6, 6.07) is 7.07. The molecule has 1 aromatic carbocycles. The normalized spacial score (nSPS) is 32.9. The van der Waals surface area contributed by atoms with E-state index >= 15 is 0 Å². The summed E-state index contributed by atoms with van der Waals surface area (Å²) >= 11 is 0. The van der Waals surface area contributed by atoms with Crippen LogP contribution >= 0.6 is 0 Å². The first-order valence-electron chi connectivity index (χ1n) is 14.5. The molecule has 2 nitrogen and oxygen atoms in total. The highest BCUT2D eigenvalue weighted by atomic mass is 28.4. The molecule has 0 aliphatic heterocycles. The van der Waals surface area contributed by atoms with Gasteiger partial charge >= 0.3 is 0 Å². The van der Waals surface area contributed by atoms with E-state index in [1.54, 1.807) is 5.56 Å². The average Bonchev–Trinajstić information content (AvgIpc) is 3.07. The highest BCUT2D eigenvalue weighted by Gasteiger charge is 2.62.